The number of nitriles is 2. The van der Waals surface area contributed by atoms with Crippen molar-refractivity contribution in [3.05, 3.63) is 113 Å². The van der Waals surface area contributed by atoms with E-state index in [1.807, 2.05) is 55.5 Å². The zero-order valence-electron chi connectivity index (χ0n) is 23.5. The van der Waals surface area contributed by atoms with Gasteiger partial charge in [0.15, 0.2) is 0 Å². The van der Waals surface area contributed by atoms with Crippen LogP contribution >= 0.6 is 0 Å². The number of hydrogen-bond acceptors (Lipinski definition) is 8. The first kappa shape index (κ1) is 27.7. The smallest absolute Gasteiger partial charge is 0.148 e. The van der Waals surface area contributed by atoms with Crippen LogP contribution < -0.4 is 21.6 Å². The summed E-state index contributed by atoms with van der Waals surface area (Å²) in [7, 11) is 1.99. The molecule has 1 aliphatic carbocycles. The number of halogens is 1. The van der Waals surface area contributed by atoms with Gasteiger partial charge in [-0.2, -0.15) is 10.5 Å². The predicted molar refractivity (Wildman–Crippen MR) is 167 cm³/mol. The fourth-order valence-electron chi connectivity index (χ4n) is 5.43. The Labute approximate surface area is 250 Å². The number of pyridine rings is 1. The summed E-state index contributed by atoms with van der Waals surface area (Å²) in [4.78, 5) is 4.49. The molecule has 4 N–H and O–H groups in total. The standard InChI is InChI=1S/C33H28BFN8/c1-2-6-29(21-7-4-3-5-8-21)39-32-23(18-37)19-38-31-22(17-36)15-26(16-28(31)32)40-33(34,24-9-11-25(35)12-10-24)30-20-43(42-41-30)27-13-14-27/h1,3-5,7-12,15-16,19-20,27,29,40-42H,6,13-14,34H2,(H,38,39)/t29-,33?/m1/s1. The van der Waals surface area contributed by atoms with Gasteiger partial charge in [0, 0.05) is 35.9 Å². The van der Waals surface area contributed by atoms with Crippen LogP contribution in [-0.4, -0.2) is 23.9 Å². The van der Waals surface area contributed by atoms with Crippen molar-refractivity contribution in [3.8, 4) is 24.5 Å². The van der Waals surface area contributed by atoms with Gasteiger partial charge >= 0.3 is 0 Å². The van der Waals surface area contributed by atoms with E-state index < -0.39 is 5.44 Å². The third-order valence-electron chi connectivity index (χ3n) is 7.94. The number of hydrogen-bond donors (Lipinski definition) is 4. The summed E-state index contributed by atoms with van der Waals surface area (Å²) in [6.45, 7) is 0. The van der Waals surface area contributed by atoms with Crippen LogP contribution in [0.3, 0.4) is 0 Å². The van der Waals surface area contributed by atoms with Gasteiger partial charge in [-0.3, -0.25) is 9.99 Å². The summed E-state index contributed by atoms with van der Waals surface area (Å²) >= 11 is 0. The van der Waals surface area contributed by atoms with Crippen molar-refractivity contribution in [3.63, 3.8) is 0 Å². The lowest BCUT2D eigenvalue weighted by Gasteiger charge is -2.34. The average molecular weight is 566 g/mol. The van der Waals surface area contributed by atoms with E-state index in [2.05, 4.69) is 44.6 Å². The summed E-state index contributed by atoms with van der Waals surface area (Å²) in [6.07, 6.45) is 11.8. The molecule has 0 radical (unpaired) electrons. The molecule has 2 heterocycles. The molecule has 0 spiro atoms. The molecule has 1 unspecified atom stereocenters. The van der Waals surface area contributed by atoms with Gasteiger partial charge in [0.25, 0.3) is 0 Å². The van der Waals surface area contributed by atoms with Crippen molar-refractivity contribution in [2.24, 2.45) is 0 Å². The molecule has 1 aromatic heterocycles. The van der Waals surface area contributed by atoms with Crippen molar-refractivity contribution < 1.29 is 4.39 Å². The number of nitrogens with zero attached hydrogens (tertiary/aromatic N) is 4. The molecule has 1 aliphatic heterocycles. The maximum absolute atomic E-state index is 14.0. The zero-order chi connectivity index (χ0) is 30.0. The second-order valence-corrected chi connectivity index (χ2v) is 10.9. The molecule has 1 fully saturated rings. The minimum Gasteiger partial charge on any atom is -0.378 e. The van der Waals surface area contributed by atoms with Crippen molar-refractivity contribution in [2.75, 3.05) is 10.6 Å². The number of anilines is 2. The molecule has 10 heteroatoms. The summed E-state index contributed by atoms with van der Waals surface area (Å²) < 4.78 is 14.0. The highest BCUT2D eigenvalue weighted by atomic mass is 19.1. The number of nitrogens with one attached hydrogen (secondary N) is 4. The van der Waals surface area contributed by atoms with Crippen LogP contribution in [0.4, 0.5) is 15.8 Å². The lowest BCUT2D eigenvalue weighted by atomic mass is 9.69. The molecular weight excluding hydrogens is 538 g/mol. The summed E-state index contributed by atoms with van der Waals surface area (Å²) in [5.74, 6) is 2.40. The van der Waals surface area contributed by atoms with Gasteiger partial charge < -0.3 is 16.1 Å². The van der Waals surface area contributed by atoms with Crippen LogP contribution in [0.15, 0.2) is 84.8 Å². The maximum atomic E-state index is 14.0. The molecule has 4 aromatic rings. The number of benzene rings is 3. The molecular formula is C33H28BFN8. The van der Waals surface area contributed by atoms with Crippen LogP contribution in [0, 0.1) is 40.8 Å². The number of hydrazine groups is 2. The van der Waals surface area contributed by atoms with Gasteiger partial charge in [-0.05, 0) is 48.2 Å². The lowest BCUT2D eigenvalue weighted by Crippen LogP contribution is -2.45. The monoisotopic (exact) mass is 566 g/mol. The van der Waals surface area contributed by atoms with E-state index in [9.17, 15) is 14.9 Å². The molecule has 3 aromatic carbocycles. The molecule has 43 heavy (non-hydrogen) atoms. The number of fused-ring (bicyclic) bond motifs is 1. The van der Waals surface area contributed by atoms with Crippen molar-refractivity contribution in [2.45, 2.75) is 36.8 Å². The van der Waals surface area contributed by atoms with Gasteiger partial charge in [0.2, 0.25) is 0 Å². The Bertz CT molecular complexity index is 1830. The zero-order valence-corrected chi connectivity index (χ0v) is 23.5. The summed E-state index contributed by atoms with van der Waals surface area (Å²) in [5, 5.41) is 30.0. The Morgan fingerprint density at radius 1 is 1.09 bits per heavy atom. The number of rotatable bonds is 9. The van der Waals surface area contributed by atoms with E-state index in [4.69, 9.17) is 6.42 Å². The quantitative estimate of drug-likeness (QED) is 0.173. The van der Waals surface area contributed by atoms with E-state index in [1.54, 1.807) is 18.2 Å². The second-order valence-electron chi connectivity index (χ2n) is 10.9. The molecule has 6 rings (SSSR count). The maximum Gasteiger partial charge on any atom is 0.148 e. The first-order chi connectivity index (χ1) is 20.9. The van der Waals surface area contributed by atoms with E-state index in [0.29, 0.717) is 45.9 Å². The fraction of sp³-hybridized carbons (Fsp3) is 0.182. The van der Waals surface area contributed by atoms with Crippen LogP contribution in [0.5, 0.6) is 0 Å². The van der Waals surface area contributed by atoms with E-state index in [-0.39, 0.29) is 11.9 Å². The van der Waals surface area contributed by atoms with Crippen LogP contribution in [0.25, 0.3) is 10.9 Å². The average Bonchev–Trinajstić information content (AvgIpc) is 3.76. The van der Waals surface area contributed by atoms with Gasteiger partial charge in [-0.15, -0.1) is 17.9 Å². The van der Waals surface area contributed by atoms with Crippen molar-refractivity contribution in [1.29, 1.82) is 10.5 Å². The van der Waals surface area contributed by atoms with Crippen molar-refractivity contribution >= 4 is 30.1 Å². The topological polar surface area (TPSA) is 112 Å². The Hall–Kier alpha value is -5.50. The minimum atomic E-state index is -0.853. The predicted octanol–water partition coefficient (Wildman–Crippen LogP) is 4.52. The Balaban J connectivity index is 1.47. The normalized spacial score (nSPS) is 16.1. The van der Waals surface area contributed by atoms with Gasteiger partial charge in [0.1, 0.15) is 25.8 Å². The third-order valence-corrected chi connectivity index (χ3v) is 7.94. The number of aromatic nitrogens is 1. The first-order valence-electron chi connectivity index (χ1n) is 14.0. The summed E-state index contributed by atoms with van der Waals surface area (Å²) in [6, 6.07) is 24.4. The lowest BCUT2D eigenvalue weighted by molar-refractivity contribution is 0.260. The molecule has 0 saturated heterocycles. The van der Waals surface area contributed by atoms with E-state index in [0.717, 1.165) is 29.7 Å². The minimum absolute atomic E-state index is 0.275. The van der Waals surface area contributed by atoms with Crippen LogP contribution in [0.2, 0.25) is 0 Å². The first-order valence-corrected chi connectivity index (χ1v) is 14.0. The molecule has 2 atom stereocenters. The molecule has 1 saturated carbocycles. The Morgan fingerprint density at radius 2 is 1.84 bits per heavy atom. The van der Waals surface area contributed by atoms with Crippen LogP contribution in [-0.2, 0) is 5.44 Å². The van der Waals surface area contributed by atoms with Crippen molar-refractivity contribution in [1.82, 2.24) is 21.0 Å². The molecule has 0 amide bonds. The largest absolute Gasteiger partial charge is 0.378 e. The molecule has 8 nitrogen and oxygen atoms in total. The molecule has 2 aliphatic rings. The van der Waals surface area contributed by atoms with E-state index >= 15 is 0 Å². The summed E-state index contributed by atoms with van der Waals surface area (Å²) in [5.41, 5.74) is 10.6. The third kappa shape index (κ3) is 5.43. The highest BCUT2D eigenvalue weighted by molar-refractivity contribution is 6.19. The Kier molecular flexibility index (Phi) is 7.34. The van der Waals surface area contributed by atoms with E-state index in [1.165, 1.54) is 18.3 Å². The number of terminal acetylenes is 1. The second kappa shape index (κ2) is 11.4. The molecule has 210 valence electrons. The highest BCUT2D eigenvalue weighted by Gasteiger charge is 2.38. The van der Waals surface area contributed by atoms with Gasteiger partial charge in [0.05, 0.1) is 39.5 Å². The van der Waals surface area contributed by atoms with Gasteiger partial charge in [-0.1, -0.05) is 42.5 Å². The SMILES string of the molecule is BC(Nc1cc(C#N)c2ncc(C#N)c(N[C@H](CC#C)c3ccccc3)c2c1)(C1=CN(C2CC2)NN1)c1ccc(F)cc1. The van der Waals surface area contributed by atoms with Gasteiger partial charge in [-0.25, -0.2) is 4.39 Å². The highest BCUT2D eigenvalue weighted by Crippen LogP contribution is 2.38. The van der Waals surface area contributed by atoms with Crippen LogP contribution in [0.1, 0.15) is 47.6 Å². The Morgan fingerprint density at radius 3 is 2.51 bits per heavy atom. The molecule has 0 bridgehead atoms. The fourth-order valence-corrected chi connectivity index (χ4v) is 5.43.